The van der Waals surface area contributed by atoms with Gasteiger partial charge in [0.1, 0.15) is 18.8 Å². The number of alkyl carbamates (subject to hydrolysis) is 1. The van der Waals surface area contributed by atoms with Crippen molar-refractivity contribution in [1.29, 1.82) is 0 Å². The predicted octanol–water partition coefficient (Wildman–Crippen LogP) is 4.11. The lowest BCUT2D eigenvalue weighted by atomic mass is 9.97. The zero-order chi connectivity index (χ0) is 26.6. The molecule has 1 aliphatic heterocycles. The van der Waals surface area contributed by atoms with Crippen molar-refractivity contribution in [3.8, 4) is 11.1 Å². The average molecular weight is 511 g/mol. The van der Waals surface area contributed by atoms with Crippen molar-refractivity contribution in [2.24, 2.45) is 11.8 Å². The number of nitrogens with one attached hydrogen (secondary N) is 1. The molecule has 0 spiro atoms. The largest absolute Gasteiger partial charge is 0.480 e. The van der Waals surface area contributed by atoms with Crippen LogP contribution in [0, 0.1) is 11.8 Å². The summed E-state index contributed by atoms with van der Waals surface area (Å²) >= 11 is 0. The number of nitrogens with zero attached hydrogens (tertiary/aromatic N) is 1. The number of carbonyl (C=O) groups is 3. The number of benzene rings is 2. The number of rotatable bonds is 8. The van der Waals surface area contributed by atoms with E-state index in [0.717, 1.165) is 22.3 Å². The van der Waals surface area contributed by atoms with E-state index >= 15 is 0 Å². The summed E-state index contributed by atoms with van der Waals surface area (Å²) in [6, 6.07) is 16.3. The SMILES string of the molecule is CC(C)(C)OC(=O)NC[C@H]1CN(C(=O)OCC2c3ccccc3-c3ccccc32)C[C@@H]1COCC(=O)O. The Bertz CT molecular complexity index is 1100. The van der Waals surface area contributed by atoms with Crippen LogP contribution in [0.25, 0.3) is 11.1 Å². The van der Waals surface area contributed by atoms with Gasteiger partial charge in [0, 0.05) is 37.4 Å². The maximum atomic E-state index is 13.1. The molecule has 2 aliphatic rings. The minimum Gasteiger partial charge on any atom is -0.480 e. The van der Waals surface area contributed by atoms with Crippen LogP contribution in [0.5, 0.6) is 0 Å². The van der Waals surface area contributed by atoms with Gasteiger partial charge in [0.15, 0.2) is 0 Å². The minimum absolute atomic E-state index is 0.0433. The fraction of sp³-hybridized carbons (Fsp3) is 0.464. The second kappa shape index (κ2) is 11.2. The van der Waals surface area contributed by atoms with Crippen LogP contribution < -0.4 is 5.32 Å². The number of hydrogen-bond acceptors (Lipinski definition) is 6. The molecule has 2 amide bonds. The normalized spacial score (nSPS) is 18.7. The quantitative estimate of drug-likeness (QED) is 0.549. The summed E-state index contributed by atoms with van der Waals surface area (Å²) in [7, 11) is 0. The highest BCUT2D eigenvalue weighted by atomic mass is 16.6. The first-order chi connectivity index (χ1) is 17.6. The molecule has 0 saturated carbocycles. The zero-order valence-electron chi connectivity index (χ0n) is 21.4. The van der Waals surface area contributed by atoms with Crippen LogP contribution in [0.3, 0.4) is 0 Å². The second-order valence-corrected chi connectivity index (χ2v) is 10.5. The Morgan fingerprint density at radius 1 is 0.946 bits per heavy atom. The number of aliphatic carboxylic acids is 1. The Labute approximate surface area is 216 Å². The van der Waals surface area contributed by atoms with Crippen molar-refractivity contribution in [2.45, 2.75) is 32.3 Å². The molecule has 2 aromatic carbocycles. The Balaban J connectivity index is 1.38. The lowest BCUT2D eigenvalue weighted by Gasteiger charge is -2.22. The first-order valence-corrected chi connectivity index (χ1v) is 12.5. The lowest BCUT2D eigenvalue weighted by molar-refractivity contribution is -0.142. The lowest BCUT2D eigenvalue weighted by Crippen LogP contribution is -2.38. The van der Waals surface area contributed by atoms with Crippen molar-refractivity contribution < 1.29 is 33.7 Å². The Morgan fingerprint density at radius 3 is 2.14 bits per heavy atom. The third kappa shape index (κ3) is 6.60. The summed E-state index contributed by atoms with van der Waals surface area (Å²) < 4.78 is 16.4. The van der Waals surface area contributed by atoms with E-state index in [2.05, 4.69) is 29.6 Å². The maximum absolute atomic E-state index is 13.1. The average Bonchev–Trinajstić information content (AvgIpc) is 3.39. The van der Waals surface area contributed by atoms with E-state index in [1.54, 1.807) is 25.7 Å². The molecule has 4 rings (SSSR count). The van der Waals surface area contributed by atoms with Crippen molar-refractivity contribution in [2.75, 3.05) is 39.5 Å². The van der Waals surface area contributed by atoms with Gasteiger partial charge in [0.2, 0.25) is 0 Å². The number of carboxylic acid groups (broad SMARTS) is 1. The second-order valence-electron chi connectivity index (χ2n) is 10.5. The smallest absolute Gasteiger partial charge is 0.409 e. The van der Waals surface area contributed by atoms with Crippen LogP contribution in [0.15, 0.2) is 48.5 Å². The number of ether oxygens (including phenoxy) is 3. The van der Waals surface area contributed by atoms with Crippen LogP contribution in [-0.2, 0) is 19.0 Å². The van der Waals surface area contributed by atoms with Gasteiger partial charge in [-0.15, -0.1) is 0 Å². The first kappa shape index (κ1) is 26.5. The number of carboxylic acids is 1. The van der Waals surface area contributed by atoms with E-state index in [1.807, 2.05) is 24.3 Å². The van der Waals surface area contributed by atoms with Crippen LogP contribution in [0.4, 0.5) is 9.59 Å². The summed E-state index contributed by atoms with van der Waals surface area (Å²) in [5.41, 5.74) is 3.96. The minimum atomic E-state index is -1.06. The number of carbonyl (C=O) groups excluding carboxylic acids is 2. The van der Waals surface area contributed by atoms with Gasteiger partial charge in [-0.05, 0) is 43.0 Å². The van der Waals surface area contributed by atoms with Crippen molar-refractivity contribution in [1.82, 2.24) is 10.2 Å². The monoisotopic (exact) mass is 510 g/mol. The molecule has 2 atom stereocenters. The maximum Gasteiger partial charge on any atom is 0.409 e. The van der Waals surface area contributed by atoms with E-state index in [-0.39, 0.29) is 37.5 Å². The van der Waals surface area contributed by atoms with Crippen molar-refractivity contribution in [3.63, 3.8) is 0 Å². The van der Waals surface area contributed by atoms with Crippen molar-refractivity contribution >= 4 is 18.2 Å². The van der Waals surface area contributed by atoms with E-state index < -0.39 is 30.4 Å². The summed E-state index contributed by atoms with van der Waals surface area (Å²) in [5.74, 6) is -1.40. The van der Waals surface area contributed by atoms with Gasteiger partial charge in [-0.25, -0.2) is 14.4 Å². The predicted molar refractivity (Wildman–Crippen MR) is 136 cm³/mol. The molecule has 1 heterocycles. The van der Waals surface area contributed by atoms with Gasteiger partial charge in [0.25, 0.3) is 0 Å². The molecule has 0 bridgehead atoms. The molecular formula is C28H34N2O7. The van der Waals surface area contributed by atoms with Crippen LogP contribution in [0.1, 0.15) is 37.8 Å². The van der Waals surface area contributed by atoms with Gasteiger partial charge >= 0.3 is 18.2 Å². The summed E-state index contributed by atoms with van der Waals surface area (Å²) in [4.78, 5) is 37.7. The number of amides is 2. The van der Waals surface area contributed by atoms with Gasteiger partial charge in [-0.2, -0.15) is 0 Å². The standard InChI is InChI=1S/C28H34N2O7/c1-28(2,3)37-26(33)29-12-18-13-30(14-19(18)15-35-17-25(31)32)27(34)36-16-24-22-10-6-4-8-20(22)21-9-5-7-11-23(21)24/h4-11,18-19,24H,12-17H2,1-3H3,(H,29,33)(H,31,32)/t18-,19+/m0/s1. The summed E-state index contributed by atoms with van der Waals surface area (Å²) in [6.45, 7) is 6.25. The molecule has 2 aromatic rings. The van der Waals surface area contributed by atoms with Crippen LogP contribution >= 0.6 is 0 Å². The van der Waals surface area contributed by atoms with E-state index in [1.165, 1.54) is 0 Å². The molecule has 9 heteroatoms. The number of hydrogen-bond donors (Lipinski definition) is 2. The molecule has 9 nitrogen and oxygen atoms in total. The number of likely N-dealkylation sites (tertiary alicyclic amines) is 1. The molecule has 37 heavy (non-hydrogen) atoms. The third-order valence-corrected chi connectivity index (χ3v) is 6.64. The highest BCUT2D eigenvalue weighted by Gasteiger charge is 2.37. The molecule has 1 saturated heterocycles. The fourth-order valence-corrected chi connectivity index (χ4v) is 5.02. The Kier molecular flexibility index (Phi) is 8.02. The summed E-state index contributed by atoms with van der Waals surface area (Å²) in [5, 5.41) is 11.7. The Morgan fingerprint density at radius 2 is 1.54 bits per heavy atom. The fourth-order valence-electron chi connectivity index (χ4n) is 5.02. The highest BCUT2D eigenvalue weighted by molar-refractivity contribution is 5.79. The van der Waals surface area contributed by atoms with Gasteiger partial charge < -0.3 is 29.5 Å². The molecule has 0 radical (unpaired) electrons. The molecule has 2 N–H and O–H groups in total. The molecule has 1 fully saturated rings. The molecule has 1 aliphatic carbocycles. The molecule has 0 unspecified atom stereocenters. The summed E-state index contributed by atoms with van der Waals surface area (Å²) in [6.07, 6.45) is -0.984. The first-order valence-electron chi connectivity index (χ1n) is 12.5. The Hall–Kier alpha value is -3.59. The molecule has 0 aromatic heterocycles. The van der Waals surface area contributed by atoms with E-state index in [9.17, 15) is 14.4 Å². The van der Waals surface area contributed by atoms with Crippen molar-refractivity contribution in [3.05, 3.63) is 59.7 Å². The highest BCUT2D eigenvalue weighted by Crippen LogP contribution is 2.44. The topological polar surface area (TPSA) is 114 Å². The van der Waals surface area contributed by atoms with Crippen LogP contribution in [-0.4, -0.2) is 73.2 Å². The van der Waals surface area contributed by atoms with Gasteiger partial charge in [-0.3, -0.25) is 0 Å². The third-order valence-electron chi connectivity index (χ3n) is 6.64. The molecule has 198 valence electrons. The van der Waals surface area contributed by atoms with E-state index in [4.69, 9.17) is 19.3 Å². The van der Waals surface area contributed by atoms with Gasteiger partial charge in [0.05, 0.1) is 6.61 Å². The van der Waals surface area contributed by atoms with E-state index in [0.29, 0.717) is 13.1 Å². The van der Waals surface area contributed by atoms with Crippen LogP contribution in [0.2, 0.25) is 0 Å². The number of fused-ring (bicyclic) bond motifs is 3. The van der Waals surface area contributed by atoms with Gasteiger partial charge in [-0.1, -0.05) is 48.5 Å². The molecular weight excluding hydrogens is 476 g/mol. The zero-order valence-corrected chi connectivity index (χ0v) is 21.4.